The number of hydroxylamine groups is 2. The summed E-state index contributed by atoms with van der Waals surface area (Å²) in [7, 11) is 0. The second-order valence-electron chi connectivity index (χ2n) is 11.5. The zero-order valence-corrected chi connectivity index (χ0v) is 18.4. The second kappa shape index (κ2) is 5.96. The van der Waals surface area contributed by atoms with Crippen molar-refractivity contribution in [3.05, 3.63) is 11.6 Å². The quantitative estimate of drug-likeness (QED) is 0.405. The van der Waals surface area contributed by atoms with E-state index in [1.807, 2.05) is 6.92 Å². The maximum Gasteiger partial charge on any atom is 0.309 e. The number of amides is 2. The molecular formula is C24H33NO5. The van der Waals surface area contributed by atoms with E-state index in [1.54, 1.807) is 0 Å². The molecule has 3 unspecified atom stereocenters. The standard InChI is InChI=1S/C24H33NO5/c1-12(2)14-11-24-9-6-15-22(3,7-5-8-23(15,4)21(28)29)16(24)10-13(14)17-18(24)20(27)25(30)19(17)26/h11-13,15-18,30H,5-10H2,1-4H3,(H,28,29)/t13?,15-,16-,17?,18?,22+,23-,24-/m1/s1. The van der Waals surface area contributed by atoms with Gasteiger partial charge in [-0.25, -0.2) is 0 Å². The Morgan fingerprint density at radius 3 is 2.47 bits per heavy atom. The summed E-state index contributed by atoms with van der Waals surface area (Å²) >= 11 is 0. The lowest BCUT2D eigenvalue weighted by atomic mass is 9.34. The maximum atomic E-state index is 13.1. The van der Waals surface area contributed by atoms with Crippen molar-refractivity contribution in [2.24, 2.45) is 51.8 Å². The predicted molar refractivity (Wildman–Crippen MR) is 108 cm³/mol. The van der Waals surface area contributed by atoms with E-state index in [-0.39, 0.29) is 29.1 Å². The van der Waals surface area contributed by atoms with Crippen LogP contribution in [0.25, 0.3) is 0 Å². The Bertz CT molecular complexity index is 879. The first kappa shape index (κ1) is 20.2. The lowest BCUT2D eigenvalue weighted by molar-refractivity contribution is -0.195. The molecule has 4 fully saturated rings. The normalized spacial score (nSPS) is 49.6. The molecule has 6 rings (SSSR count). The number of hydrogen-bond donors (Lipinski definition) is 2. The third-order valence-electron chi connectivity index (χ3n) is 10.1. The van der Waals surface area contributed by atoms with Crippen molar-refractivity contribution < 1.29 is 24.7 Å². The third kappa shape index (κ3) is 2.11. The molecule has 1 aliphatic heterocycles. The number of carbonyl (C=O) groups is 3. The largest absolute Gasteiger partial charge is 0.481 e. The van der Waals surface area contributed by atoms with E-state index in [0.29, 0.717) is 11.5 Å². The van der Waals surface area contributed by atoms with Crippen LogP contribution in [0.1, 0.15) is 66.2 Å². The number of allylic oxidation sites excluding steroid dienone is 2. The Morgan fingerprint density at radius 2 is 1.83 bits per heavy atom. The topological polar surface area (TPSA) is 94.9 Å². The zero-order chi connectivity index (χ0) is 21.8. The number of carboxylic acids is 1. The maximum absolute atomic E-state index is 13.1. The van der Waals surface area contributed by atoms with Gasteiger partial charge in [-0.05, 0) is 68.1 Å². The molecule has 6 nitrogen and oxygen atoms in total. The van der Waals surface area contributed by atoms with Gasteiger partial charge < -0.3 is 5.11 Å². The van der Waals surface area contributed by atoms with E-state index in [9.17, 15) is 24.7 Å². The van der Waals surface area contributed by atoms with E-state index in [2.05, 4.69) is 26.8 Å². The van der Waals surface area contributed by atoms with E-state index in [0.717, 1.165) is 32.1 Å². The monoisotopic (exact) mass is 415 g/mol. The van der Waals surface area contributed by atoms with Gasteiger partial charge in [-0.15, -0.1) is 0 Å². The van der Waals surface area contributed by atoms with Crippen LogP contribution in [0.15, 0.2) is 11.6 Å². The number of fused-ring (bicyclic) bond motifs is 1. The molecular weight excluding hydrogens is 382 g/mol. The Kier molecular flexibility index (Phi) is 4.02. The first-order chi connectivity index (χ1) is 14.0. The predicted octanol–water partition coefficient (Wildman–Crippen LogP) is 3.89. The van der Waals surface area contributed by atoms with Crippen LogP contribution in [0.3, 0.4) is 0 Å². The van der Waals surface area contributed by atoms with Crippen molar-refractivity contribution in [3.63, 3.8) is 0 Å². The summed E-state index contributed by atoms with van der Waals surface area (Å²) in [6.45, 7) is 8.44. The Balaban J connectivity index is 1.67. The van der Waals surface area contributed by atoms with Crippen molar-refractivity contribution >= 4 is 17.8 Å². The molecule has 0 radical (unpaired) electrons. The van der Waals surface area contributed by atoms with Crippen LogP contribution >= 0.6 is 0 Å². The van der Waals surface area contributed by atoms with E-state index >= 15 is 0 Å². The molecule has 2 amide bonds. The van der Waals surface area contributed by atoms with Gasteiger partial charge in [-0.3, -0.25) is 19.6 Å². The molecule has 0 aromatic rings. The van der Waals surface area contributed by atoms with Gasteiger partial charge in [0, 0.05) is 5.41 Å². The van der Waals surface area contributed by atoms with Crippen molar-refractivity contribution in [1.29, 1.82) is 0 Å². The molecule has 0 aromatic heterocycles. The fourth-order valence-electron chi connectivity index (χ4n) is 8.94. The number of hydrogen-bond acceptors (Lipinski definition) is 4. The number of imide groups is 1. The van der Waals surface area contributed by atoms with Crippen LogP contribution in [-0.2, 0) is 14.4 Å². The zero-order valence-electron chi connectivity index (χ0n) is 18.4. The molecule has 3 saturated carbocycles. The van der Waals surface area contributed by atoms with Crippen LogP contribution in [0.2, 0.25) is 0 Å². The highest BCUT2D eigenvalue weighted by atomic mass is 16.5. The van der Waals surface area contributed by atoms with Crippen molar-refractivity contribution in [3.8, 4) is 0 Å². The van der Waals surface area contributed by atoms with Gasteiger partial charge in [-0.1, -0.05) is 38.8 Å². The number of nitrogens with zero attached hydrogens (tertiary/aromatic N) is 1. The summed E-state index contributed by atoms with van der Waals surface area (Å²) in [5.74, 6) is -2.08. The van der Waals surface area contributed by atoms with Crippen LogP contribution in [0, 0.1) is 51.8 Å². The Labute approximate surface area is 177 Å². The van der Waals surface area contributed by atoms with Crippen LogP contribution in [0.4, 0.5) is 0 Å². The molecule has 6 aliphatic rings. The lowest BCUT2D eigenvalue weighted by Gasteiger charge is -2.68. The minimum absolute atomic E-state index is 0.0379. The molecule has 30 heavy (non-hydrogen) atoms. The number of carbonyl (C=O) groups excluding carboxylic acids is 2. The number of aliphatic carboxylic acids is 1. The molecule has 1 heterocycles. The van der Waals surface area contributed by atoms with Gasteiger partial charge in [0.15, 0.2) is 0 Å². The highest BCUT2D eigenvalue weighted by Gasteiger charge is 2.73. The van der Waals surface area contributed by atoms with Crippen molar-refractivity contribution in [1.82, 2.24) is 5.06 Å². The molecule has 2 N–H and O–H groups in total. The summed E-state index contributed by atoms with van der Waals surface area (Å²) < 4.78 is 0. The minimum atomic E-state index is -0.742. The van der Waals surface area contributed by atoms with E-state index in [1.165, 1.54) is 5.57 Å². The number of rotatable bonds is 2. The van der Waals surface area contributed by atoms with Crippen LogP contribution < -0.4 is 0 Å². The van der Waals surface area contributed by atoms with Gasteiger partial charge in [-0.2, -0.15) is 5.06 Å². The molecule has 0 aromatic carbocycles. The van der Waals surface area contributed by atoms with Gasteiger partial charge in [0.2, 0.25) is 0 Å². The van der Waals surface area contributed by atoms with E-state index < -0.39 is 40.4 Å². The first-order valence-corrected chi connectivity index (χ1v) is 11.5. The van der Waals surface area contributed by atoms with Gasteiger partial charge in [0.1, 0.15) is 0 Å². The third-order valence-corrected chi connectivity index (χ3v) is 10.1. The molecule has 164 valence electrons. The fourth-order valence-corrected chi connectivity index (χ4v) is 8.94. The molecule has 6 heteroatoms. The van der Waals surface area contributed by atoms with Crippen molar-refractivity contribution in [2.75, 3.05) is 0 Å². The summed E-state index contributed by atoms with van der Waals surface area (Å²) in [4.78, 5) is 38.3. The molecule has 2 bridgehead atoms. The summed E-state index contributed by atoms with van der Waals surface area (Å²) in [6, 6.07) is 0. The summed E-state index contributed by atoms with van der Waals surface area (Å²) in [5, 5.41) is 20.8. The van der Waals surface area contributed by atoms with Crippen LogP contribution in [0.5, 0.6) is 0 Å². The molecule has 5 aliphatic carbocycles. The first-order valence-electron chi connectivity index (χ1n) is 11.5. The fraction of sp³-hybridized carbons (Fsp3) is 0.792. The van der Waals surface area contributed by atoms with Crippen molar-refractivity contribution in [2.45, 2.75) is 66.2 Å². The smallest absolute Gasteiger partial charge is 0.309 e. The highest BCUT2D eigenvalue weighted by molar-refractivity contribution is 6.05. The van der Waals surface area contributed by atoms with E-state index in [4.69, 9.17) is 0 Å². The van der Waals surface area contributed by atoms with Gasteiger partial charge in [0.05, 0.1) is 17.3 Å². The van der Waals surface area contributed by atoms with Gasteiger partial charge >= 0.3 is 5.97 Å². The molecule has 1 spiro atoms. The number of carboxylic acid groups (broad SMARTS) is 1. The summed E-state index contributed by atoms with van der Waals surface area (Å²) in [5.41, 5.74) is -0.125. The second-order valence-corrected chi connectivity index (χ2v) is 11.5. The average molecular weight is 416 g/mol. The lowest BCUT2D eigenvalue weighted by Crippen LogP contribution is -2.65. The molecule has 8 atom stereocenters. The van der Waals surface area contributed by atoms with Crippen LogP contribution in [-0.4, -0.2) is 33.2 Å². The SMILES string of the molecule is CC(C)C1=C[C@]23CC[C@@H]4[C@](C)(CCC[C@@]4(C)C(=O)O)[C@H]2CC1C1C(=O)N(O)C(=O)C13. The minimum Gasteiger partial charge on any atom is -0.481 e. The average Bonchev–Trinajstić information content (AvgIpc) is 2.93. The Hall–Kier alpha value is -1.69. The summed E-state index contributed by atoms with van der Waals surface area (Å²) in [6.07, 6.45) is 7.15. The highest BCUT2D eigenvalue weighted by Crippen LogP contribution is 2.74. The Morgan fingerprint density at radius 1 is 1.13 bits per heavy atom. The van der Waals surface area contributed by atoms with Gasteiger partial charge in [0.25, 0.3) is 11.8 Å². The molecule has 1 saturated heterocycles.